The van der Waals surface area contributed by atoms with Crippen LogP contribution < -0.4 is 15.4 Å². The SMILES string of the molecule is Cc1cc(OCC(=O)N(C)c2ccc(N)cc2)ccc1F. The number of aryl methyl sites for hydroxylation is 1. The summed E-state index contributed by atoms with van der Waals surface area (Å²) in [5.74, 6) is -0.0395. The first-order valence-electron chi connectivity index (χ1n) is 6.48. The van der Waals surface area contributed by atoms with Crippen LogP contribution in [0.1, 0.15) is 5.56 Å². The number of anilines is 2. The number of hydrogen-bond donors (Lipinski definition) is 1. The number of nitrogens with zero attached hydrogens (tertiary/aromatic N) is 1. The van der Waals surface area contributed by atoms with Crippen molar-refractivity contribution < 1.29 is 13.9 Å². The molecule has 0 spiro atoms. The van der Waals surface area contributed by atoms with Gasteiger partial charge in [0.25, 0.3) is 5.91 Å². The molecule has 110 valence electrons. The van der Waals surface area contributed by atoms with Crippen molar-refractivity contribution in [3.8, 4) is 5.75 Å². The molecule has 5 heteroatoms. The van der Waals surface area contributed by atoms with Gasteiger partial charge >= 0.3 is 0 Å². The van der Waals surface area contributed by atoms with Crippen molar-refractivity contribution in [3.05, 3.63) is 53.8 Å². The molecule has 2 rings (SSSR count). The molecule has 21 heavy (non-hydrogen) atoms. The Bertz CT molecular complexity index is 641. The van der Waals surface area contributed by atoms with Crippen molar-refractivity contribution in [1.29, 1.82) is 0 Å². The van der Waals surface area contributed by atoms with E-state index in [1.165, 1.54) is 17.0 Å². The number of ether oxygens (including phenoxy) is 1. The molecule has 0 atom stereocenters. The van der Waals surface area contributed by atoms with E-state index < -0.39 is 0 Å². The fourth-order valence-corrected chi connectivity index (χ4v) is 1.79. The summed E-state index contributed by atoms with van der Waals surface area (Å²) in [7, 11) is 1.66. The monoisotopic (exact) mass is 288 g/mol. The van der Waals surface area contributed by atoms with Gasteiger partial charge in [-0.3, -0.25) is 4.79 Å². The van der Waals surface area contributed by atoms with Crippen LogP contribution in [0.3, 0.4) is 0 Å². The van der Waals surface area contributed by atoms with Gasteiger partial charge in [0, 0.05) is 18.4 Å². The maximum atomic E-state index is 13.1. The first-order valence-corrected chi connectivity index (χ1v) is 6.48. The summed E-state index contributed by atoms with van der Waals surface area (Å²) in [5, 5.41) is 0. The van der Waals surface area contributed by atoms with Crippen LogP contribution in [-0.2, 0) is 4.79 Å². The van der Waals surface area contributed by atoms with E-state index in [2.05, 4.69) is 0 Å². The number of amides is 1. The Labute approximate surface area is 122 Å². The van der Waals surface area contributed by atoms with Crippen LogP contribution in [0.2, 0.25) is 0 Å². The standard InChI is InChI=1S/C16H17FN2O2/c1-11-9-14(7-8-15(11)17)21-10-16(20)19(2)13-5-3-12(18)4-6-13/h3-9H,10,18H2,1-2H3. The molecular formula is C16H17FN2O2. The van der Waals surface area contributed by atoms with Crippen molar-refractivity contribution in [2.45, 2.75) is 6.92 Å². The highest BCUT2D eigenvalue weighted by atomic mass is 19.1. The summed E-state index contributed by atoms with van der Waals surface area (Å²) in [6.45, 7) is 1.52. The topological polar surface area (TPSA) is 55.6 Å². The van der Waals surface area contributed by atoms with E-state index >= 15 is 0 Å². The Kier molecular flexibility index (Phi) is 4.42. The molecule has 0 fully saturated rings. The Hall–Kier alpha value is -2.56. The second-order valence-corrected chi connectivity index (χ2v) is 4.74. The number of carbonyl (C=O) groups is 1. The van der Waals surface area contributed by atoms with Gasteiger partial charge in [-0.15, -0.1) is 0 Å². The smallest absolute Gasteiger partial charge is 0.264 e. The molecular weight excluding hydrogens is 271 g/mol. The molecule has 2 aromatic rings. The summed E-state index contributed by atoms with van der Waals surface area (Å²) < 4.78 is 18.5. The first kappa shape index (κ1) is 14.8. The quantitative estimate of drug-likeness (QED) is 0.880. The third-order valence-corrected chi connectivity index (χ3v) is 3.15. The van der Waals surface area contributed by atoms with Crippen LogP contribution in [-0.4, -0.2) is 19.6 Å². The van der Waals surface area contributed by atoms with Gasteiger partial charge in [0.05, 0.1) is 0 Å². The average Bonchev–Trinajstić information content (AvgIpc) is 2.48. The van der Waals surface area contributed by atoms with E-state index in [0.29, 0.717) is 17.0 Å². The minimum Gasteiger partial charge on any atom is -0.484 e. The minimum absolute atomic E-state index is 0.119. The fraction of sp³-hybridized carbons (Fsp3) is 0.188. The molecule has 0 heterocycles. The molecule has 0 radical (unpaired) electrons. The maximum Gasteiger partial charge on any atom is 0.264 e. The molecule has 0 unspecified atom stereocenters. The van der Waals surface area contributed by atoms with Gasteiger partial charge in [0.1, 0.15) is 11.6 Å². The van der Waals surface area contributed by atoms with Crippen molar-refractivity contribution in [2.24, 2.45) is 0 Å². The van der Waals surface area contributed by atoms with Gasteiger partial charge < -0.3 is 15.4 Å². The normalized spacial score (nSPS) is 10.2. The molecule has 0 aliphatic carbocycles. The molecule has 0 bridgehead atoms. The zero-order chi connectivity index (χ0) is 15.4. The van der Waals surface area contributed by atoms with E-state index in [0.717, 1.165) is 5.69 Å². The third kappa shape index (κ3) is 3.72. The summed E-state index contributed by atoms with van der Waals surface area (Å²) >= 11 is 0. The molecule has 0 aliphatic rings. The van der Waals surface area contributed by atoms with E-state index in [1.807, 2.05) is 0 Å². The highest BCUT2D eigenvalue weighted by molar-refractivity contribution is 5.94. The second-order valence-electron chi connectivity index (χ2n) is 4.74. The average molecular weight is 288 g/mol. The lowest BCUT2D eigenvalue weighted by Crippen LogP contribution is -2.31. The zero-order valence-corrected chi connectivity index (χ0v) is 12.0. The number of rotatable bonds is 4. The summed E-state index contributed by atoms with van der Waals surface area (Å²) in [6.07, 6.45) is 0. The predicted octanol–water partition coefficient (Wildman–Crippen LogP) is 2.76. The van der Waals surface area contributed by atoms with E-state index in [4.69, 9.17) is 10.5 Å². The van der Waals surface area contributed by atoms with Crippen molar-refractivity contribution in [3.63, 3.8) is 0 Å². The van der Waals surface area contributed by atoms with Crippen LogP contribution in [0.5, 0.6) is 5.75 Å². The van der Waals surface area contributed by atoms with Gasteiger partial charge in [0.15, 0.2) is 6.61 Å². The summed E-state index contributed by atoms with van der Waals surface area (Å²) in [4.78, 5) is 13.5. The van der Waals surface area contributed by atoms with E-state index in [9.17, 15) is 9.18 Å². The first-order chi connectivity index (χ1) is 9.97. The molecule has 0 aromatic heterocycles. The van der Waals surface area contributed by atoms with Gasteiger partial charge in [-0.1, -0.05) is 0 Å². The Balaban J connectivity index is 1.97. The number of nitrogen functional groups attached to an aromatic ring is 1. The van der Waals surface area contributed by atoms with E-state index in [-0.39, 0.29) is 18.3 Å². The van der Waals surface area contributed by atoms with Crippen LogP contribution in [0, 0.1) is 12.7 Å². The molecule has 2 aromatic carbocycles. The van der Waals surface area contributed by atoms with Gasteiger partial charge in [-0.25, -0.2) is 4.39 Å². The van der Waals surface area contributed by atoms with Crippen molar-refractivity contribution >= 4 is 17.3 Å². The van der Waals surface area contributed by atoms with Crippen LogP contribution in [0.15, 0.2) is 42.5 Å². The molecule has 1 amide bonds. The Morgan fingerprint density at radius 1 is 1.24 bits per heavy atom. The third-order valence-electron chi connectivity index (χ3n) is 3.15. The van der Waals surface area contributed by atoms with Crippen LogP contribution in [0.25, 0.3) is 0 Å². The van der Waals surface area contributed by atoms with Gasteiger partial charge in [0.2, 0.25) is 0 Å². The number of carbonyl (C=O) groups excluding carboxylic acids is 1. The number of halogens is 1. The highest BCUT2D eigenvalue weighted by Gasteiger charge is 2.12. The van der Waals surface area contributed by atoms with Gasteiger partial charge in [-0.2, -0.15) is 0 Å². The summed E-state index contributed by atoms with van der Waals surface area (Å²) in [6, 6.07) is 11.3. The second kappa shape index (κ2) is 6.26. The molecule has 0 saturated heterocycles. The number of hydrogen-bond acceptors (Lipinski definition) is 3. The Morgan fingerprint density at radius 3 is 2.52 bits per heavy atom. The molecule has 2 N–H and O–H groups in total. The van der Waals surface area contributed by atoms with Crippen LogP contribution >= 0.6 is 0 Å². The van der Waals surface area contributed by atoms with Crippen molar-refractivity contribution in [1.82, 2.24) is 0 Å². The lowest BCUT2D eigenvalue weighted by atomic mass is 10.2. The molecule has 4 nitrogen and oxygen atoms in total. The number of nitrogens with two attached hydrogens (primary N) is 1. The van der Waals surface area contributed by atoms with E-state index in [1.54, 1.807) is 44.3 Å². The Morgan fingerprint density at radius 2 is 1.90 bits per heavy atom. The largest absolute Gasteiger partial charge is 0.484 e. The lowest BCUT2D eigenvalue weighted by molar-refractivity contribution is -0.120. The minimum atomic E-state index is -0.298. The predicted molar refractivity (Wildman–Crippen MR) is 80.9 cm³/mol. The van der Waals surface area contributed by atoms with Gasteiger partial charge in [-0.05, 0) is 55.0 Å². The maximum absolute atomic E-state index is 13.1. The summed E-state index contributed by atoms with van der Waals surface area (Å²) in [5.41, 5.74) is 7.45. The van der Waals surface area contributed by atoms with Crippen molar-refractivity contribution in [2.75, 3.05) is 24.3 Å². The fourth-order valence-electron chi connectivity index (χ4n) is 1.79. The number of benzene rings is 2. The van der Waals surface area contributed by atoms with Crippen LogP contribution in [0.4, 0.5) is 15.8 Å². The molecule has 0 aliphatic heterocycles. The number of likely N-dealkylation sites (N-methyl/N-ethyl adjacent to an activating group) is 1. The lowest BCUT2D eigenvalue weighted by Gasteiger charge is -2.18. The zero-order valence-electron chi connectivity index (χ0n) is 12.0. The molecule has 0 saturated carbocycles. The highest BCUT2D eigenvalue weighted by Crippen LogP contribution is 2.17.